The number of carboxylic acids is 1. The zero-order chi connectivity index (χ0) is 14.5. The molecule has 0 aromatic rings. The number of aliphatic carboxylic acids is 1. The SMILES string of the molecule is CC(C)COCCCNC(=O)NCCCCC(=O)O. The molecule has 0 aromatic carbocycles. The molecule has 0 heterocycles. The summed E-state index contributed by atoms with van der Waals surface area (Å²) in [4.78, 5) is 21.6. The molecule has 0 aromatic heterocycles. The number of hydrogen-bond donors (Lipinski definition) is 3. The second kappa shape index (κ2) is 11.8. The van der Waals surface area contributed by atoms with Crippen molar-refractivity contribution in [3.05, 3.63) is 0 Å². The molecule has 0 fully saturated rings. The molecule has 19 heavy (non-hydrogen) atoms. The Morgan fingerprint density at radius 3 is 2.32 bits per heavy atom. The van der Waals surface area contributed by atoms with E-state index < -0.39 is 5.97 Å². The maximum absolute atomic E-state index is 11.3. The van der Waals surface area contributed by atoms with E-state index in [1.165, 1.54) is 0 Å². The van der Waals surface area contributed by atoms with Gasteiger partial charge in [0.1, 0.15) is 0 Å². The van der Waals surface area contributed by atoms with Gasteiger partial charge in [0.05, 0.1) is 0 Å². The molecule has 2 amide bonds. The third-order valence-electron chi connectivity index (χ3n) is 2.31. The molecule has 0 bridgehead atoms. The number of ether oxygens (including phenoxy) is 1. The first-order chi connectivity index (χ1) is 9.02. The van der Waals surface area contributed by atoms with E-state index in [1.807, 2.05) is 0 Å². The molecule has 0 saturated heterocycles. The van der Waals surface area contributed by atoms with E-state index >= 15 is 0 Å². The van der Waals surface area contributed by atoms with E-state index in [0.717, 1.165) is 13.0 Å². The van der Waals surface area contributed by atoms with Gasteiger partial charge in [-0.3, -0.25) is 4.79 Å². The number of carbonyl (C=O) groups excluding carboxylic acids is 1. The Morgan fingerprint density at radius 1 is 1.11 bits per heavy atom. The van der Waals surface area contributed by atoms with Crippen molar-refractivity contribution in [3.63, 3.8) is 0 Å². The molecule has 0 aliphatic heterocycles. The standard InChI is InChI=1S/C13H26N2O4/c1-11(2)10-19-9-5-8-15-13(18)14-7-4-3-6-12(16)17/h11H,3-10H2,1-2H3,(H,16,17)(H2,14,15,18). The highest BCUT2D eigenvalue weighted by molar-refractivity contribution is 5.73. The Hall–Kier alpha value is -1.30. The summed E-state index contributed by atoms with van der Waals surface area (Å²) in [5, 5.41) is 13.8. The van der Waals surface area contributed by atoms with Crippen LogP contribution in [0.2, 0.25) is 0 Å². The lowest BCUT2D eigenvalue weighted by atomic mass is 10.2. The van der Waals surface area contributed by atoms with Crippen LogP contribution in [0.25, 0.3) is 0 Å². The number of nitrogens with one attached hydrogen (secondary N) is 2. The predicted molar refractivity (Wildman–Crippen MR) is 73.2 cm³/mol. The molecule has 0 spiro atoms. The van der Waals surface area contributed by atoms with Crippen LogP contribution in [0.1, 0.15) is 39.5 Å². The number of amides is 2. The number of unbranched alkanes of at least 4 members (excludes halogenated alkanes) is 1. The Balaban J connectivity index is 3.23. The molecule has 112 valence electrons. The van der Waals surface area contributed by atoms with Crippen molar-refractivity contribution >= 4 is 12.0 Å². The van der Waals surface area contributed by atoms with Crippen molar-refractivity contribution in [2.45, 2.75) is 39.5 Å². The maximum Gasteiger partial charge on any atom is 0.314 e. The molecular weight excluding hydrogens is 248 g/mol. The van der Waals surface area contributed by atoms with Gasteiger partial charge >= 0.3 is 12.0 Å². The second-order valence-electron chi connectivity index (χ2n) is 4.86. The second-order valence-corrected chi connectivity index (χ2v) is 4.86. The summed E-state index contributed by atoms with van der Waals surface area (Å²) in [6.07, 6.45) is 2.20. The van der Waals surface area contributed by atoms with Gasteiger partial charge in [0.2, 0.25) is 0 Å². The van der Waals surface area contributed by atoms with Crippen molar-refractivity contribution < 1.29 is 19.4 Å². The van der Waals surface area contributed by atoms with Crippen LogP contribution >= 0.6 is 0 Å². The van der Waals surface area contributed by atoms with Crippen molar-refractivity contribution in [2.24, 2.45) is 5.92 Å². The fourth-order valence-corrected chi connectivity index (χ4v) is 1.36. The minimum Gasteiger partial charge on any atom is -0.481 e. The van der Waals surface area contributed by atoms with Gasteiger partial charge in [-0.2, -0.15) is 0 Å². The Kier molecular flexibility index (Phi) is 11.0. The van der Waals surface area contributed by atoms with Gasteiger partial charge in [-0.15, -0.1) is 0 Å². The molecule has 3 N–H and O–H groups in total. The van der Waals surface area contributed by atoms with Crippen LogP contribution in [0.15, 0.2) is 0 Å². The van der Waals surface area contributed by atoms with Gasteiger partial charge in [-0.05, 0) is 25.2 Å². The van der Waals surface area contributed by atoms with Gasteiger partial charge < -0.3 is 20.5 Å². The normalized spacial score (nSPS) is 10.5. The van der Waals surface area contributed by atoms with Crippen molar-refractivity contribution in [1.82, 2.24) is 10.6 Å². The predicted octanol–water partition coefficient (Wildman–Crippen LogP) is 1.60. The van der Waals surface area contributed by atoms with Gasteiger partial charge in [0.15, 0.2) is 0 Å². The fraction of sp³-hybridized carbons (Fsp3) is 0.846. The van der Waals surface area contributed by atoms with E-state index in [1.54, 1.807) is 0 Å². The quantitative estimate of drug-likeness (QED) is 0.499. The van der Waals surface area contributed by atoms with Crippen LogP contribution in [0, 0.1) is 5.92 Å². The van der Waals surface area contributed by atoms with Crippen molar-refractivity contribution in [1.29, 1.82) is 0 Å². The van der Waals surface area contributed by atoms with Gasteiger partial charge in [0.25, 0.3) is 0 Å². The zero-order valence-corrected chi connectivity index (χ0v) is 11.9. The number of carbonyl (C=O) groups is 2. The Labute approximate surface area is 114 Å². The van der Waals surface area contributed by atoms with Gasteiger partial charge in [-0.1, -0.05) is 13.8 Å². The number of urea groups is 1. The summed E-state index contributed by atoms with van der Waals surface area (Å²) < 4.78 is 5.39. The summed E-state index contributed by atoms with van der Waals surface area (Å²) in [6.45, 7) is 6.67. The summed E-state index contributed by atoms with van der Waals surface area (Å²) in [6, 6.07) is -0.209. The highest BCUT2D eigenvalue weighted by Crippen LogP contribution is 1.94. The molecule has 0 atom stereocenters. The third-order valence-corrected chi connectivity index (χ3v) is 2.31. The van der Waals surface area contributed by atoms with Crippen LogP contribution in [0.4, 0.5) is 4.79 Å². The molecule has 0 aliphatic carbocycles. The lowest BCUT2D eigenvalue weighted by molar-refractivity contribution is -0.137. The van der Waals surface area contributed by atoms with E-state index in [2.05, 4.69) is 24.5 Å². The summed E-state index contributed by atoms with van der Waals surface area (Å²) in [5.41, 5.74) is 0. The average molecular weight is 274 g/mol. The highest BCUT2D eigenvalue weighted by atomic mass is 16.5. The van der Waals surface area contributed by atoms with Crippen molar-refractivity contribution in [2.75, 3.05) is 26.3 Å². The first-order valence-corrected chi connectivity index (χ1v) is 6.83. The summed E-state index contributed by atoms with van der Waals surface area (Å²) >= 11 is 0. The largest absolute Gasteiger partial charge is 0.481 e. The van der Waals surface area contributed by atoms with E-state index in [9.17, 15) is 9.59 Å². The van der Waals surface area contributed by atoms with Crippen LogP contribution in [-0.4, -0.2) is 43.4 Å². The maximum atomic E-state index is 11.3. The van der Waals surface area contributed by atoms with Gasteiger partial charge in [-0.25, -0.2) is 4.79 Å². The number of hydrogen-bond acceptors (Lipinski definition) is 3. The summed E-state index contributed by atoms with van der Waals surface area (Å²) in [7, 11) is 0. The number of rotatable bonds is 11. The molecule has 0 aliphatic rings. The highest BCUT2D eigenvalue weighted by Gasteiger charge is 2.00. The van der Waals surface area contributed by atoms with Crippen molar-refractivity contribution in [3.8, 4) is 0 Å². The first kappa shape index (κ1) is 17.7. The topological polar surface area (TPSA) is 87.7 Å². The van der Waals surface area contributed by atoms with Crippen LogP contribution < -0.4 is 10.6 Å². The minimum absolute atomic E-state index is 0.149. The van der Waals surface area contributed by atoms with Crippen LogP contribution in [0.3, 0.4) is 0 Å². The van der Waals surface area contributed by atoms with Crippen LogP contribution in [-0.2, 0) is 9.53 Å². The Bertz CT molecular complexity index is 257. The molecular formula is C13H26N2O4. The first-order valence-electron chi connectivity index (χ1n) is 6.83. The molecule has 0 rings (SSSR count). The third kappa shape index (κ3) is 14.6. The lowest BCUT2D eigenvalue weighted by Crippen LogP contribution is -2.36. The summed E-state index contributed by atoms with van der Waals surface area (Å²) in [5.74, 6) is -0.270. The van der Waals surface area contributed by atoms with E-state index in [-0.39, 0.29) is 12.5 Å². The van der Waals surface area contributed by atoms with E-state index in [0.29, 0.717) is 38.5 Å². The van der Waals surface area contributed by atoms with E-state index in [4.69, 9.17) is 9.84 Å². The average Bonchev–Trinajstić information content (AvgIpc) is 2.32. The van der Waals surface area contributed by atoms with Gasteiger partial charge in [0, 0.05) is 32.7 Å². The molecule has 0 radical (unpaired) electrons. The molecule has 6 heteroatoms. The fourth-order valence-electron chi connectivity index (χ4n) is 1.36. The Morgan fingerprint density at radius 2 is 1.74 bits per heavy atom. The monoisotopic (exact) mass is 274 g/mol. The molecule has 0 unspecified atom stereocenters. The van der Waals surface area contributed by atoms with Crippen LogP contribution in [0.5, 0.6) is 0 Å². The number of carboxylic acid groups (broad SMARTS) is 1. The smallest absolute Gasteiger partial charge is 0.314 e. The minimum atomic E-state index is -0.800. The zero-order valence-electron chi connectivity index (χ0n) is 11.9. The molecule has 0 saturated carbocycles. The molecule has 6 nitrogen and oxygen atoms in total. The lowest BCUT2D eigenvalue weighted by Gasteiger charge is -2.08.